The Bertz CT molecular complexity index is 655. The number of carbonyl (C=O) groups is 1. The summed E-state index contributed by atoms with van der Waals surface area (Å²) in [5, 5.41) is 8.98. The van der Waals surface area contributed by atoms with E-state index in [1.54, 1.807) is 19.1 Å². The molecule has 0 radical (unpaired) electrons. The minimum Gasteiger partial charge on any atom is -0.478 e. The summed E-state index contributed by atoms with van der Waals surface area (Å²) >= 11 is 1.57. The molecule has 0 saturated heterocycles. The molecule has 0 aliphatic rings. The van der Waals surface area contributed by atoms with Crippen LogP contribution in [0.5, 0.6) is 0 Å². The van der Waals surface area contributed by atoms with Gasteiger partial charge in [-0.25, -0.2) is 9.78 Å². The van der Waals surface area contributed by atoms with E-state index >= 15 is 0 Å². The number of hydrogen-bond acceptors (Lipinski definition) is 5. The maximum atomic E-state index is 12.4. The second-order valence-corrected chi connectivity index (χ2v) is 5.84. The molecule has 1 aromatic carbocycles. The Balaban J connectivity index is 2.24. The van der Waals surface area contributed by atoms with Gasteiger partial charge in [-0.1, -0.05) is 17.8 Å². The van der Waals surface area contributed by atoms with Gasteiger partial charge in [0.15, 0.2) is 4.34 Å². The summed E-state index contributed by atoms with van der Waals surface area (Å²) in [4.78, 5) is 14.8. The van der Waals surface area contributed by atoms with Crippen LogP contribution in [-0.2, 0) is 6.18 Å². The number of alkyl halides is 3. The summed E-state index contributed by atoms with van der Waals surface area (Å²) < 4.78 is 40.4. The van der Waals surface area contributed by atoms with Crippen molar-refractivity contribution in [1.29, 1.82) is 0 Å². The van der Waals surface area contributed by atoms with E-state index in [9.17, 15) is 18.0 Å². The molecule has 20 heavy (non-hydrogen) atoms. The van der Waals surface area contributed by atoms with E-state index in [-0.39, 0.29) is 9.90 Å². The van der Waals surface area contributed by atoms with Crippen molar-refractivity contribution < 1.29 is 23.1 Å². The molecule has 2 aromatic rings. The second-order valence-electron chi connectivity index (χ2n) is 3.77. The van der Waals surface area contributed by atoms with Crippen LogP contribution in [0.2, 0.25) is 0 Å². The van der Waals surface area contributed by atoms with E-state index in [1.165, 1.54) is 6.07 Å². The van der Waals surface area contributed by atoms with Gasteiger partial charge in [0.1, 0.15) is 0 Å². The van der Waals surface area contributed by atoms with Gasteiger partial charge in [0.05, 0.1) is 5.56 Å². The molecular weight excluding hydrogens is 313 g/mol. The number of hydrogen-bond donors (Lipinski definition) is 1. The molecule has 0 spiro atoms. The van der Waals surface area contributed by atoms with Crippen molar-refractivity contribution in [2.45, 2.75) is 22.3 Å². The molecule has 0 amide bonds. The fourth-order valence-corrected chi connectivity index (χ4v) is 2.99. The van der Waals surface area contributed by atoms with E-state index in [1.807, 2.05) is 0 Å². The molecule has 106 valence electrons. The largest absolute Gasteiger partial charge is 0.478 e. The minimum absolute atomic E-state index is 0.107. The molecule has 1 N–H and O–H groups in total. The lowest BCUT2D eigenvalue weighted by atomic mass is 10.1. The summed E-state index contributed by atoms with van der Waals surface area (Å²) in [6.45, 7) is 1.64. The Morgan fingerprint density at radius 1 is 1.40 bits per heavy atom. The summed E-state index contributed by atoms with van der Waals surface area (Å²) in [6, 6.07) is 4.62. The number of carboxylic acid groups (broad SMARTS) is 1. The van der Waals surface area contributed by atoms with Crippen molar-refractivity contribution >= 4 is 29.3 Å². The number of benzene rings is 1. The van der Waals surface area contributed by atoms with E-state index in [4.69, 9.17) is 5.11 Å². The van der Waals surface area contributed by atoms with E-state index in [0.717, 1.165) is 11.8 Å². The molecule has 0 unspecified atom stereocenters. The van der Waals surface area contributed by atoms with Gasteiger partial charge in [-0.2, -0.15) is 17.5 Å². The van der Waals surface area contributed by atoms with Crippen molar-refractivity contribution in [3.05, 3.63) is 35.2 Å². The monoisotopic (exact) mass is 320 g/mol. The standard InChI is InChI=1S/C11H7F3N2O2S2/c1-5-2-3-6(4-7(5)8(17)18)19-10-15-9(16-20-10)11(12,13)14/h2-4H,1H3,(H,17,18). The third kappa shape index (κ3) is 3.28. The van der Waals surface area contributed by atoms with Gasteiger partial charge in [-0.05, 0) is 36.2 Å². The van der Waals surface area contributed by atoms with Gasteiger partial charge in [0.25, 0.3) is 0 Å². The third-order valence-corrected chi connectivity index (χ3v) is 4.05. The first-order valence-corrected chi connectivity index (χ1v) is 6.79. The zero-order valence-electron chi connectivity index (χ0n) is 9.93. The zero-order valence-corrected chi connectivity index (χ0v) is 11.6. The quantitative estimate of drug-likeness (QED) is 0.934. The second kappa shape index (κ2) is 5.41. The molecule has 0 aliphatic heterocycles. The Kier molecular flexibility index (Phi) is 4.00. The average molecular weight is 320 g/mol. The number of aryl methyl sites for hydroxylation is 1. The fourth-order valence-electron chi connectivity index (χ4n) is 1.36. The molecule has 4 nitrogen and oxygen atoms in total. The fraction of sp³-hybridized carbons (Fsp3) is 0.182. The van der Waals surface area contributed by atoms with Crippen LogP contribution in [0.15, 0.2) is 27.4 Å². The van der Waals surface area contributed by atoms with Crippen LogP contribution in [-0.4, -0.2) is 20.4 Å². The normalized spacial score (nSPS) is 11.6. The molecule has 0 atom stereocenters. The summed E-state index contributed by atoms with van der Waals surface area (Å²) in [7, 11) is 0. The molecule has 1 aromatic heterocycles. The van der Waals surface area contributed by atoms with Crippen LogP contribution in [0.3, 0.4) is 0 Å². The number of rotatable bonds is 3. The first-order valence-electron chi connectivity index (χ1n) is 5.20. The Hall–Kier alpha value is -1.61. The van der Waals surface area contributed by atoms with E-state index in [0.29, 0.717) is 22.0 Å². The number of halogens is 3. The van der Waals surface area contributed by atoms with Crippen LogP contribution >= 0.6 is 23.3 Å². The Morgan fingerprint density at radius 2 is 2.10 bits per heavy atom. The molecule has 9 heteroatoms. The molecule has 2 rings (SSSR count). The summed E-state index contributed by atoms with van der Waals surface area (Å²) in [5.41, 5.74) is 0.686. The molecule has 1 heterocycles. The van der Waals surface area contributed by atoms with Crippen molar-refractivity contribution in [1.82, 2.24) is 9.36 Å². The molecule has 0 aliphatic carbocycles. The van der Waals surface area contributed by atoms with Crippen LogP contribution in [0.1, 0.15) is 21.7 Å². The number of aromatic nitrogens is 2. The first-order chi connectivity index (χ1) is 9.27. The Labute approximate surface area is 119 Å². The van der Waals surface area contributed by atoms with Gasteiger partial charge in [-0.3, -0.25) is 0 Å². The van der Waals surface area contributed by atoms with Crippen LogP contribution in [0.4, 0.5) is 13.2 Å². The Morgan fingerprint density at radius 3 is 2.65 bits per heavy atom. The van der Waals surface area contributed by atoms with Gasteiger partial charge < -0.3 is 5.11 Å². The maximum absolute atomic E-state index is 12.4. The minimum atomic E-state index is -4.57. The number of carboxylic acids is 1. The van der Waals surface area contributed by atoms with Crippen LogP contribution < -0.4 is 0 Å². The maximum Gasteiger partial charge on any atom is 0.452 e. The predicted molar refractivity (Wildman–Crippen MR) is 67.2 cm³/mol. The molecular formula is C11H7F3N2O2S2. The lowest BCUT2D eigenvalue weighted by Crippen LogP contribution is -2.06. The first kappa shape index (κ1) is 14.8. The van der Waals surface area contributed by atoms with Crippen LogP contribution in [0.25, 0.3) is 0 Å². The highest BCUT2D eigenvalue weighted by atomic mass is 32.2. The van der Waals surface area contributed by atoms with Gasteiger partial charge in [-0.15, -0.1) is 0 Å². The topological polar surface area (TPSA) is 63.1 Å². The summed E-state index contributed by atoms with van der Waals surface area (Å²) in [5.74, 6) is -2.27. The average Bonchev–Trinajstić information content (AvgIpc) is 2.79. The van der Waals surface area contributed by atoms with E-state index in [2.05, 4.69) is 9.36 Å². The van der Waals surface area contributed by atoms with E-state index < -0.39 is 18.0 Å². The SMILES string of the molecule is Cc1ccc(Sc2nc(C(F)(F)F)ns2)cc1C(=O)O. The zero-order chi connectivity index (χ0) is 14.9. The number of aromatic carboxylic acids is 1. The van der Waals surface area contributed by atoms with Crippen molar-refractivity contribution in [3.8, 4) is 0 Å². The third-order valence-electron chi connectivity index (χ3n) is 2.31. The van der Waals surface area contributed by atoms with Crippen molar-refractivity contribution in [2.75, 3.05) is 0 Å². The van der Waals surface area contributed by atoms with Gasteiger partial charge >= 0.3 is 12.1 Å². The lowest BCUT2D eigenvalue weighted by Gasteiger charge is -2.03. The van der Waals surface area contributed by atoms with Crippen molar-refractivity contribution in [3.63, 3.8) is 0 Å². The molecule has 0 saturated carbocycles. The van der Waals surface area contributed by atoms with Gasteiger partial charge in [0.2, 0.25) is 5.82 Å². The smallest absolute Gasteiger partial charge is 0.452 e. The lowest BCUT2D eigenvalue weighted by molar-refractivity contribution is -0.144. The highest BCUT2D eigenvalue weighted by molar-refractivity contribution is 8.01. The van der Waals surface area contributed by atoms with Crippen molar-refractivity contribution in [2.24, 2.45) is 0 Å². The summed E-state index contributed by atoms with van der Waals surface area (Å²) in [6.07, 6.45) is -4.57. The highest BCUT2D eigenvalue weighted by Gasteiger charge is 2.36. The molecule has 0 fully saturated rings. The highest BCUT2D eigenvalue weighted by Crippen LogP contribution is 2.34. The number of nitrogens with zero attached hydrogens (tertiary/aromatic N) is 2. The predicted octanol–water partition coefficient (Wildman–Crippen LogP) is 3.71. The molecule has 0 bridgehead atoms. The van der Waals surface area contributed by atoms with Crippen LogP contribution in [0, 0.1) is 6.92 Å². The van der Waals surface area contributed by atoms with Gasteiger partial charge in [0, 0.05) is 4.90 Å².